The zero-order chi connectivity index (χ0) is 16.2. The molecule has 1 amide bonds. The summed E-state index contributed by atoms with van der Waals surface area (Å²) in [7, 11) is 0. The van der Waals surface area contributed by atoms with Crippen molar-refractivity contribution in [3.05, 3.63) is 71.3 Å². The van der Waals surface area contributed by atoms with E-state index < -0.39 is 12.2 Å². The minimum atomic E-state index is -0.585. The number of amides is 1. The van der Waals surface area contributed by atoms with Gasteiger partial charge in [0.2, 0.25) is 5.91 Å². The highest BCUT2D eigenvalue weighted by atomic mass is 16.5. The first-order valence-corrected chi connectivity index (χ1v) is 7.87. The van der Waals surface area contributed by atoms with Crippen LogP contribution in [0.5, 0.6) is 0 Å². The summed E-state index contributed by atoms with van der Waals surface area (Å²) < 4.78 is 5.63. The molecule has 0 saturated heterocycles. The molecule has 0 aromatic heterocycles. The van der Waals surface area contributed by atoms with Gasteiger partial charge in [0.05, 0.1) is 18.8 Å². The third kappa shape index (κ3) is 3.60. The van der Waals surface area contributed by atoms with E-state index in [0.717, 1.165) is 16.7 Å². The fourth-order valence-corrected chi connectivity index (χ4v) is 2.89. The number of rotatable bonds is 5. The molecule has 0 aliphatic heterocycles. The summed E-state index contributed by atoms with van der Waals surface area (Å²) in [5, 5.41) is 13.1. The predicted octanol–water partition coefficient (Wildman–Crippen LogP) is 2.37. The van der Waals surface area contributed by atoms with Crippen molar-refractivity contribution in [1.29, 1.82) is 0 Å². The average Bonchev–Trinajstić information content (AvgIpc) is 2.89. The molecule has 2 aromatic carbocycles. The van der Waals surface area contributed by atoms with Gasteiger partial charge in [0, 0.05) is 6.42 Å². The summed E-state index contributed by atoms with van der Waals surface area (Å²) in [6.07, 6.45) is -0.590. The molecule has 2 N–H and O–H groups in total. The van der Waals surface area contributed by atoms with Crippen LogP contribution in [0.2, 0.25) is 0 Å². The van der Waals surface area contributed by atoms with Crippen molar-refractivity contribution in [3.63, 3.8) is 0 Å². The lowest BCUT2D eigenvalue weighted by Crippen LogP contribution is -2.40. The lowest BCUT2D eigenvalue weighted by Gasteiger charge is -2.21. The lowest BCUT2D eigenvalue weighted by atomic mass is 10.1. The van der Waals surface area contributed by atoms with E-state index in [4.69, 9.17) is 4.74 Å². The van der Waals surface area contributed by atoms with Crippen LogP contribution in [0.3, 0.4) is 0 Å². The van der Waals surface area contributed by atoms with Gasteiger partial charge in [-0.05, 0) is 23.6 Å². The van der Waals surface area contributed by atoms with Gasteiger partial charge >= 0.3 is 0 Å². The fraction of sp³-hybridized carbons (Fsp3) is 0.316. The summed E-state index contributed by atoms with van der Waals surface area (Å²) in [6.45, 7) is 2.12. The van der Waals surface area contributed by atoms with Gasteiger partial charge in [-0.25, -0.2) is 0 Å². The Balaban J connectivity index is 1.58. The molecule has 3 atom stereocenters. The number of carbonyl (C=O) groups is 1. The first-order valence-electron chi connectivity index (χ1n) is 7.87. The van der Waals surface area contributed by atoms with Crippen molar-refractivity contribution in [2.24, 2.45) is 0 Å². The van der Waals surface area contributed by atoms with Crippen LogP contribution in [0.15, 0.2) is 54.6 Å². The zero-order valence-electron chi connectivity index (χ0n) is 13.1. The largest absolute Gasteiger partial charge is 0.390 e. The highest BCUT2D eigenvalue weighted by Crippen LogP contribution is 2.31. The number of ether oxygens (including phenoxy) is 1. The van der Waals surface area contributed by atoms with Crippen LogP contribution in [0, 0.1) is 0 Å². The molecule has 4 nitrogen and oxygen atoms in total. The van der Waals surface area contributed by atoms with Crippen molar-refractivity contribution in [2.45, 2.75) is 38.2 Å². The third-order valence-corrected chi connectivity index (χ3v) is 4.21. The molecule has 1 aliphatic carbocycles. The molecule has 120 valence electrons. The molecule has 0 fully saturated rings. The standard InChI is InChI=1S/C19H21NO3/c1-13(23-12-14-7-3-2-4-8-14)19(22)20-18-16-10-6-5-9-15(16)11-17(18)21/h2-10,13,17-18,21H,11-12H2,1H3,(H,20,22)/t13?,17-,18+/m0/s1. The second-order valence-electron chi connectivity index (χ2n) is 5.90. The first-order chi connectivity index (χ1) is 11.1. The van der Waals surface area contributed by atoms with Crippen molar-refractivity contribution in [1.82, 2.24) is 5.32 Å². The molecule has 23 heavy (non-hydrogen) atoms. The predicted molar refractivity (Wildman–Crippen MR) is 87.7 cm³/mol. The Morgan fingerprint density at radius 2 is 1.91 bits per heavy atom. The normalized spacial score (nSPS) is 20.8. The summed E-state index contributed by atoms with van der Waals surface area (Å²) in [4.78, 5) is 12.3. The number of hydrogen-bond acceptors (Lipinski definition) is 3. The van der Waals surface area contributed by atoms with Crippen LogP contribution in [0.1, 0.15) is 29.7 Å². The molecule has 0 heterocycles. The minimum Gasteiger partial charge on any atom is -0.390 e. The van der Waals surface area contributed by atoms with Gasteiger partial charge in [-0.3, -0.25) is 4.79 Å². The molecule has 0 spiro atoms. The Morgan fingerprint density at radius 1 is 1.22 bits per heavy atom. The number of nitrogens with one attached hydrogen (secondary N) is 1. The van der Waals surface area contributed by atoms with Gasteiger partial charge in [0.15, 0.2) is 0 Å². The first kappa shape index (κ1) is 15.7. The Hall–Kier alpha value is -2.17. The van der Waals surface area contributed by atoms with Crippen LogP contribution < -0.4 is 5.32 Å². The Kier molecular flexibility index (Phi) is 4.74. The van der Waals surface area contributed by atoms with E-state index in [0.29, 0.717) is 13.0 Å². The number of benzene rings is 2. The van der Waals surface area contributed by atoms with Gasteiger partial charge < -0.3 is 15.2 Å². The van der Waals surface area contributed by atoms with E-state index in [9.17, 15) is 9.90 Å². The van der Waals surface area contributed by atoms with Crippen molar-refractivity contribution in [3.8, 4) is 0 Å². The van der Waals surface area contributed by atoms with Gasteiger partial charge in [0.1, 0.15) is 6.10 Å². The van der Waals surface area contributed by atoms with E-state index in [1.165, 1.54) is 0 Å². The summed E-state index contributed by atoms with van der Waals surface area (Å²) in [5.41, 5.74) is 3.10. The average molecular weight is 311 g/mol. The molecule has 1 unspecified atom stereocenters. The SMILES string of the molecule is CC(OCc1ccccc1)C(=O)N[C@@H]1c2ccccc2C[C@@H]1O. The number of fused-ring (bicyclic) bond motifs is 1. The number of aliphatic hydroxyl groups excluding tert-OH is 1. The maximum atomic E-state index is 12.3. The second-order valence-corrected chi connectivity index (χ2v) is 5.90. The molecule has 2 aromatic rings. The van der Waals surface area contributed by atoms with Gasteiger partial charge in [-0.15, -0.1) is 0 Å². The monoisotopic (exact) mass is 311 g/mol. The minimum absolute atomic E-state index is 0.207. The fourth-order valence-electron chi connectivity index (χ4n) is 2.89. The van der Waals surface area contributed by atoms with Crippen molar-refractivity contribution >= 4 is 5.91 Å². The van der Waals surface area contributed by atoms with Crippen LogP contribution in [-0.4, -0.2) is 23.2 Å². The maximum absolute atomic E-state index is 12.3. The second kappa shape index (κ2) is 6.94. The van der Waals surface area contributed by atoms with Gasteiger partial charge in [-0.2, -0.15) is 0 Å². The quantitative estimate of drug-likeness (QED) is 0.891. The number of hydrogen-bond donors (Lipinski definition) is 2. The number of carbonyl (C=O) groups excluding carboxylic acids is 1. The maximum Gasteiger partial charge on any atom is 0.249 e. The van der Waals surface area contributed by atoms with Crippen molar-refractivity contribution < 1.29 is 14.6 Å². The van der Waals surface area contributed by atoms with E-state index in [-0.39, 0.29) is 11.9 Å². The van der Waals surface area contributed by atoms with Crippen LogP contribution in [0.4, 0.5) is 0 Å². The van der Waals surface area contributed by atoms with Crippen LogP contribution in [0.25, 0.3) is 0 Å². The zero-order valence-corrected chi connectivity index (χ0v) is 13.1. The molecule has 3 rings (SSSR count). The summed E-state index contributed by atoms with van der Waals surface area (Å²) >= 11 is 0. The Labute approximate surface area is 136 Å². The smallest absolute Gasteiger partial charge is 0.249 e. The third-order valence-electron chi connectivity index (χ3n) is 4.21. The van der Waals surface area contributed by atoms with Crippen molar-refractivity contribution in [2.75, 3.05) is 0 Å². The van der Waals surface area contributed by atoms with E-state index in [2.05, 4.69) is 5.32 Å². The van der Waals surface area contributed by atoms with E-state index in [1.807, 2.05) is 54.6 Å². The van der Waals surface area contributed by atoms with Gasteiger partial charge in [0.25, 0.3) is 0 Å². The van der Waals surface area contributed by atoms with Crippen LogP contribution in [-0.2, 0) is 22.6 Å². The molecule has 0 saturated carbocycles. The number of aliphatic hydroxyl groups is 1. The molecule has 0 radical (unpaired) electrons. The highest BCUT2D eigenvalue weighted by molar-refractivity contribution is 5.81. The van der Waals surface area contributed by atoms with E-state index in [1.54, 1.807) is 6.92 Å². The van der Waals surface area contributed by atoms with Crippen LogP contribution >= 0.6 is 0 Å². The molecular formula is C19H21NO3. The molecular weight excluding hydrogens is 290 g/mol. The van der Waals surface area contributed by atoms with Gasteiger partial charge in [-0.1, -0.05) is 54.6 Å². The summed E-state index contributed by atoms with van der Waals surface area (Å²) in [6, 6.07) is 17.2. The Morgan fingerprint density at radius 3 is 2.70 bits per heavy atom. The molecule has 1 aliphatic rings. The van der Waals surface area contributed by atoms with E-state index >= 15 is 0 Å². The molecule has 0 bridgehead atoms. The Bertz CT molecular complexity index is 671. The highest BCUT2D eigenvalue weighted by Gasteiger charge is 2.32. The molecule has 4 heteroatoms. The summed E-state index contributed by atoms with van der Waals surface area (Å²) in [5.74, 6) is -0.207. The topological polar surface area (TPSA) is 58.6 Å². The lowest BCUT2D eigenvalue weighted by molar-refractivity contribution is -0.134.